The van der Waals surface area contributed by atoms with Crippen molar-refractivity contribution in [2.45, 2.75) is 18.6 Å². The summed E-state index contributed by atoms with van der Waals surface area (Å²) in [4.78, 5) is 21.7. The van der Waals surface area contributed by atoms with E-state index in [1.165, 1.54) is 0 Å². The number of aliphatic hydroxyl groups excluding tert-OH is 1. The number of hydrogen-bond acceptors (Lipinski definition) is 5. The van der Waals surface area contributed by atoms with Crippen LogP contribution in [0.25, 0.3) is 0 Å². The molecule has 34 heavy (non-hydrogen) atoms. The lowest BCUT2D eigenvalue weighted by Crippen LogP contribution is -2.51. The molecule has 1 amide bonds. The van der Waals surface area contributed by atoms with Gasteiger partial charge in [-0.05, 0) is 17.2 Å². The highest BCUT2D eigenvalue weighted by Gasteiger charge is 2.30. The molecule has 1 saturated heterocycles. The minimum absolute atomic E-state index is 0.120. The molecule has 1 N–H and O–H groups in total. The molecule has 7 heteroatoms. The molecule has 0 radical (unpaired) electrons. The van der Waals surface area contributed by atoms with Gasteiger partial charge in [0.25, 0.3) is 0 Å². The summed E-state index contributed by atoms with van der Waals surface area (Å²) in [5, 5.41) is 10.8. The van der Waals surface area contributed by atoms with Gasteiger partial charge in [0.1, 0.15) is 5.15 Å². The Morgan fingerprint density at radius 3 is 2.15 bits per heavy atom. The molecule has 2 aromatic carbocycles. The standard InChI is InChI=1S/C27H30ClN3O3/c28-26-23(12-7-13-29-26)19-34-20-24(32)18-30-14-16-31(17-15-30)27(33)25(21-8-3-1-4-9-21)22-10-5-2-6-11-22/h1-13,24-25,32H,14-20H2. The van der Waals surface area contributed by atoms with Crippen molar-refractivity contribution >= 4 is 17.5 Å². The van der Waals surface area contributed by atoms with Crippen molar-refractivity contribution in [3.8, 4) is 0 Å². The summed E-state index contributed by atoms with van der Waals surface area (Å²) < 4.78 is 5.63. The molecule has 3 aromatic rings. The molecule has 2 heterocycles. The monoisotopic (exact) mass is 479 g/mol. The molecule has 178 valence electrons. The lowest BCUT2D eigenvalue weighted by Gasteiger charge is -2.37. The Bertz CT molecular complexity index is 1000. The number of piperazine rings is 1. The summed E-state index contributed by atoms with van der Waals surface area (Å²) in [5.41, 5.74) is 2.81. The number of halogens is 1. The number of benzene rings is 2. The Hall–Kier alpha value is -2.77. The van der Waals surface area contributed by atoms with E-state index in [4.69, 9.17) is 16.3 Å². The second-order valence-electron chi connectivity index (χ2n) is 8.50. The molecular formula is C27H30ClN3O3. The Kier molecular flexibility index (Phi) is 8.66. The number of β-amino-alcohol motifs (C(OH)–C–C–N with tert-alkyl or cyclic N) is 1. The second kappa shape index (κ2) is 12.1. The zero-order valence-electron chi connectivity index (χ0n) is 19.1. The molecule has 6 nitrogen and oxygen atoms in total. The van der Waals surface area contributed by atoms with E-state index in [-0.39, 0.29) is 18.4 Å². The van der Waals surface area contributed by atoms with Crippen LogP contribution in [0.5, 0.6) is 0 Å². The number of pyridine rings is 1. The van der Waals surface area contributed by atoms with Gasteiger partial charge in [0.2, 0.25) is 5.91 Å². The third-order valence-corrected chi connectivity index (χ3v) is 6.41. The molecule has 0 bridgehead atoms. The minimum Gasteiger partial charge on any atom is -0.389 e. The number of aliphatic hydroxyl groups is 1. The van der Waals surface area contributed by atoms with Gasteiger partial charge >= 0.3 is 0 Å². The number of aromatic nitrogens is 1. The molecular weight excluding hydrogens is 450 g/mol. The normalized spacial score (nSPS) is 15.4. The Morgan fingerprint density at radius 2 is 1.56 bits per heavy atom. The summed E-state index contributed by atoms with van der Waals surface area (Å²) in [6, 6.07) is 23.6. The Balaban J connectivity index is 1.28. The van der Waals surface area contributed by atoms with Crippen molar-refractivity contribution in [3.63, 3.8) is 0 Å². The van der Waals surface area contributed by atoms with E-state index in [2.05, 4.69) is 9.88 Å². The van der Waals surface area contributed by atoms with Crippen molar-refractivity contribution in [3.05, 3.63) is 101 Å². The largest absolute Gasteiger partial charge is 0.389 e. The van der Waals surface area contributed by atoms with E-state index in [1.54, 1.807) is 6.20 Å². The van der Waals surface area contributed by atoms with Crippen molar-refractivity contribution in [1.82, 2.24) is 14.8 Å². The van der Waals surface area contributed by atoms with Gasteiger partial charge in [0.15, 0.2) is 0 Å². The lowest BCUT2D eigenvalue weighted by atomic mass is 9.90. The van der Waals surface area contributed by atoms with E-state index in [1.807, 2.05) is 77.7 Å². The van der Waals surface area contributed by atoms with Crippen LogP contribution in [0.2, 0.25) is 5.15 Å². The number of carbonyl (C=O) groups excluding carboxylic acids is 1. The van der Waals surface area contributed by atoms with E-state index >= 15 is 0 Å². The maximum atomic E-state index is 13.6. The SMILES string of the molecule is O=C(C(c1ccccc1)c1ccccc1)N1CCN(CC(O)COCc2cccnc2Cl)CC1. The van der Waals surface area contributed by atoms with Crippen LogP contribution in [0.15, 0.2) is 79.0 Å². The van der Waals surface area contributed by atoms with Crippen molar-refractivity contribution in [2.75, 3.05) is 39.3 Å². The maximum Gasteiger partial charge on any atom is 0.234 e. The molecule has 1 aromatic heterocycles. The van der Waals surface area contributed by atoms with E-state index in [9.17, 15) is 9.90 Å². The highest BCUT2D eigenvalue weighted by Crippen LogP contribution is 2.27. The fourth-order valence-electron chi connectivity index (χ4n) is 4.28. The van der Waals surface area contributed by atoms with Gasteiger partial charge in [0, 0.05) is 44.5 Å². The summed E-state index contributed by atoms with van der Waals surface area (Å²) in [5.74, 6) is -0.193. The van der Waals surface area contributed by atoms with Crippen LogP contribution < -0.4 is 0 Å². The number of amides is 1. The number of nitrogens with zero attached hydrogens (tertiary/aromatic N) is 3. The molecule has 1 aliphatic rings. The van der Waals surface area contributed by atoms with Crippen LogP contribution in [-0.2, 0) is 16.1 Å². The predicted octanol–water partition coefficient (Wildman–Crippen LogP) is 3.59. The average molecular weight is 480 g/mol. The number of rotatable bonds is 9. The molecule has 4 rings (SSSR count). The van der Waals surface area contributed by atoms with E-state index < -0.39 is 6.10 Å². The van der Waals surface area contributed by atoms with Gasteiger partial charge in [-0.15, -0.1) is 0 Å². The molecule has 1 aliphatic heterocycles. The van der Waals surface area contributed by atoms with Crippen LogP contribution >= 0.6 is 11.6 Å². The van der Waals surface area contributed by atoms with Crippen molar-refractivity contribution in [1.29, 1.82) is 0 Å². The lowest BCUT2D eigenvalue weighted by molar-refractivity contribution is -0.133. The molecule has 1 unspecified atom stereocenters. The van der Waals surface area contributed by atoms with Crippen LogP contribution in [-0.4, -0.2) is 71.2 Å². The third kappa shape index (κ3) is 6.42. The number of hydrogen-bond donors (Lipinski definition) is 1. The minimum atomic E-state index is -0.612. The van der Waals surface area contributed by atoms with E-state index in [0.29, 0.717) is 44.5 Å². The highest BCUT2D eigenvalue weighted by molar-refractivity contribution is 6.30. The third-order valence-electron chi connectivity index (χ3n) is 6.07. The van der Waals surface area contributed by atoms with Gasteiger partial charge in [-0.2, -0.15) is 0 Å². The van der Waals surface area contributed by atoms with Crippen LogP contribution in [0, 0.1) is 0 Å². The van der Waals surface area contributed by atoms with Gasteiger partial charge < -0.3 is 14.7 Å². The summed E-state index contributed by atoms with van der Waals surface area (Å²) in [6.07, 6.45) is 1.02. The maximum absolute atomic E-state index is 13.6. The Morgan fingerprint density at radius 1 is 0.941 bits per heavy atom. The van der Waals surface area contributed by atoms with Gasteiger partial charge in [0.05, 0.1) is 25.2 Å². The molecule has 0 spiro atoms. The summed E-state index contributed by atoms with van der Waals surface area (Å²) >= 11 is 6.04. The molecule has 1 fully saturated rings. The van der Waals surface area contributed by atoms with Crippen LogP contribution in [0.1, 0.15) is 22.6 Å². The molecule has 0 aliphatic carbocycles. The second-order valence-corrected chi connectivity index (χ2v) is 8.86. The zero-order valence-corrected chi connectivity index (χ0v) is 19.8. The fraction of sp³-hybridized carbons (Fsp3) is 0.333. The first-order valence-corrected chi connectivity index (χ1v) is 12.0. The van der Waals surface area contributed by atoms with Gasteiger partial charge in [-0.3, -0.25) is 9.69 Å². The van der Waals surface area contributed by atoms with Crippen LogP contribution in [0.4, 0.5) is 0 Å². The quantitative estimate of drug-likeness (QED) is 0.475. The van der Waals surface area contributed by atoms with E-state index in [0.717, 1.165) is 16.7 Å². The summed E-state index contributed by atoms with van der Waals surface area (Å²) in [7, 11) is 0. The highest BCUT2D eigenvalue weighted by atomic mass is 35.5. The first kappa shape index (κ1) is 24.4. The average Bonchev–Trinajstić information content (AvgIpc) is 2.87. The van der Waals surface area contributed by atoms with Crippen LogP contribution in [0.3, 0.4) is 0 Å². The first-order valence-electron chi connectivity index (χ1n) is 11.6. The Labute approximate surface area is 205 Å². The predicted molar refractivity (Wildman–Crippen MR) is 133 cm³/mol. The topological polar surface area (TPSA) is 65.9 Å². The fourth-order valence-corrected chi connectivity index (χ4v) is 4.46. The smallest absolute Gasteiger partial charge is 0.234 e. The number of carbonyl (C=O) groups is 1. The van der Waals surface area contributed by atoms with Gasteiger partial charge in [-0.25, -0.2) is 4.98 Å². The molecule has 0 saturated carbocycles. The zero-order chi connectivity index (χ0) is 23.8. The molecule has 1 atom stereocenters. The first-order chi connectivity index (χ1) is 16.6. The summed E-state index contributed by atoms with van der Waals surface area (Å²) in [6.45, 7) is 3.73. The number of ether oxygens (including phenoxy) is 1. The van der Waals surface area contributed by atoms with Gasteiger partial charge in [-0.1, -0.05) is 78.3 Å². The van der Waals surface area contributed by atoms with Crippen molar-refractivity contribution < 1.29 is 14.6 Å². The van der Waals surface area contributed by atoms with Crippen molar-refractivity contribution in [2.24, 2.45) is 0 Å².